The van der Waals surface area contributed by atoms with Gasteiger partial charge in [-0.25, -0.2) is 9.59 Å². The first-order valence-corrected chi connectivity index (χ1v) is 11.0. The number of rotatable bonds is 7. The summed E-state index contributed by atoms with van der Waals surface area (Å²) in [6, 6.07) is 25.0. The Hall–Kier alpha value is -4.46. The number of para-hydroxylation sites is 3. The summed E-state index contributed by atoms with van der Waals surface area (Å²) in [6.07, 6.45) is 0. The first-order valence-electron chi connectivity index (χ1n) is 11.0. The predicted octanol–water partition coefficient (Wildman–Crippen LogP) is 5.41. The zero-order valence-electron chi connectivity index (χ0n) is 18.9. The minimum absolute atomic E-state index is 0.0645. The van der Waals surface area contributed by atoms with Crippen molar-refractivity contribution in [3.63, 3.8) is 0 Å². The molecule has 0 unspecified atom stereocenters. The van der Waals surface area contributed by atoms with Crippen LogP contribution in [0.1, 0.15) is 24.3 Å². The molecule has 4 rings (SSSR count). The van der Waals surface area contributed by atoms with Gasteiger partial charge in [-0.3, -0.25) is 4.90 Å². The molecule has 0 aliphatic rings. The van der Waals surface area contributed by atoms with Crippen molar-refractivity contribution in [1.29, 1.82) is 0 Å². The molecule has 0 atom stereocenters. The summed E-state index contributed by atoms with van der Waals surface area (Å²) in [5.74, 6) is 0.390. The van der Waals surface area contributed by atoms with Gasteiger partial charge in [-0.1, -0.05) is 53.7 Å². The highest BCUT2D eigenvalue weighted by atomic mass is 16.5. The molecule has 0 aliphatic carbocycles. The minimum Gasteiger partial charge on any atom is -0.461 e. The second kappa shape index (κ2) is 10.4. The molecule has 1 heterocycles. The van der Waals surface area contributed by atoms with Crippen molar-refractivity contribution >= 4 is 17.7 Å². The van der Waals surface area contributed by atoms with Gasteiger partial charge >= 0.3 is 12.0 Å². The van der Waals surface area contributed by atoms with E-state index in [0.29, 0.717) is 29.3 Å². The number of benzene rings is 3. The molecule has 0 N–H and O–H groups in total. The molecule has 0 saturated heterocycles. The van der Waals surface area contributed by atoms with Gasteiger partial charge in [0.25, 0.3) is 0 Å². The Bertz CT molecular complexity index is 1270. The molecular formula is C26H24N4O4. The van der Waals surface area contributed by atoms with Gasteiger partial charge in [-0.05, 0) is 50.2 Å². The fourth-order valence-corrected chi connectivity index (χ4v) is 3.50. The van der Waals surface area contributed by atoms with Gasteiger partial charge in [0.2, 0.25) is 0 Å². The van der Waals surface area contributed by atoms with Gasteiger partial charge in [0.1, 0.15) is 17.2 Å². The molecule has 8 nitrogen and oxygen atoms in total. The predicted molar refractivity (Wildman–Crippen MR) is 128 cm³/mol. The van der Waals surface area contributed by atoms with Crippen molar-refractivity contribution in [2.24, 2.45) is 0 Å². The summed E-state index contributed by atoms with van der Waals surface area (Å²) in [7, 11) is 0. The number of nitrogens with zero attached hydrogens (tertiary/aromatic N) is 4. The van der Waals surface area contributed by atoms with Gasteiger partial charge < -0.3 is 9.47 Å². The minimum atomic E-state index is -0.700. The summed E-state index contributed by atoms with van der Waals surface area (Å²) in [5, 5.41) is 8.27. The molecule has 1 amide bonds. The molecule has 0 aliphatic heterocycles. The first kappa shape index (κ1) is 22.7. The third-order valence-corrected chi connectivity index (χ3v) is 5.05. The zero-order chi connectivity index (χ0) is 23.9. The zero-order valence-corrected chi connectivity index (χ0v) is 18.9. The number of esters is 1. The van der Waals surface area contributed by atoms with Crippen molar-refractivity contribution < 1.29 is 19.1 Å². The average Bonchev–Trinajstić information content (AvgIpc) is 3.31. The van der Waals surface area contributed by atoms with E-state index in [0.717, 1.165) is 4.68 Å². The van der Waals surface area contributed by atoms with Crippen LogP contribution in [-0.4, -0.2) is 40.1 Å². The van der Waals surface area contributed by atoms with Crippen LogP contribution >= 0.6 is 0 Å². The van der Waals surface area contributed by atoms with Crippen molar-refractivity contribution in [2.45, 2.75) is 13.8 Å². The van der Waals surface area contributed by atoms with Crippen LogP contribution < -0.4 is 9.64 Å². The molecule has 0 fully saturated rings. The van der Waals surface area contributed by atoms with E-state index < -0.39 is 12.0 Å². The number of hydrogen-bond acceptors (Lipinski definition) is 6. The maximum Gasteiger partial charge on any atom is 0.359 e. The number of hydrogen-bond donors (Lipinski definition) is 0. The summed E-state index contributed by atoms with van der Waals surface area (Å²) in [6.45, 7) is 4.04. The quantitative estimate of drug-likeness (QED) is 0.346. The lowest BCUT2D eigenvalue weighted by atomic mass is 10.1. The van der Waals surface area contributed by atoms with E-state index in [1.807, 2.05) is 73.7 Å². The number of aromatic nitrogens is 3. The van der Waals surface area contributed by atoms with E-state index in [-0.39, 0.29) is 18.0 Å². The lowest BCUT2D eigenvalue weighted by molar-refractivity contribution is 0.0515. The Kier molecular flexibility index (Phi) is 6.98. The van der Waals surface area contributed by atoms with Crippen LogP contribution in [0.4, 0.5) is 10.5 Å². The van der Waals surface area contributed by atoms with E-state index in [2.05, 4.69) is 10.3 Å². The van der Waals surface area contributed by atoms with Crippen LogP contribution in [0.5, 0.6) is 11.5 Å². The highest BCUT2D eigenvalue weighted by molar-refractivity contribution is 6.02. The number of ether oxygens (including phenoxy) is 2. The van der Waals surface area contributed by atoms with Crippen molar-refractivity contribution in [1.82, 2.24) is 15.0 Å². The maximum atomic E-state index is 13.5. The summed E-state index contributed by atoms with van der Waals surface area (Å²) < 4.78 is 12.3. The van der Waals surface area contributed by atoms with Crippen LogP contribution in [0.15, 0.2) is 84.9 Å². The average molecular weight is 457 g/mol. The highest BCUT2D eigenvalue weighted by Gasteiger charge is 2.30. The first-order chi connectivity index (χ1) is 16.6. The largest absolute Gasteiger partial charge is 0.461 e. The monoisotopic (exact) mass is 456 g/mol. The van der Waals surface area contributed by atoms with Crippen LogP contribution in [0.3, 0.4) is 0 Å². The molecule has 3 aromatic carbocycles. The van der Waals surface area contributed by atoms with Crippen LogP contribution in [-0.2, 0) is 4.74 Å². The molecule has 4 aromatic rings. The Labute approximate surface area is 197 Å². The summed E-state index contributed by atoms with van der Waals surface area (Å²) in [5.41, 5.74) is 1.32. The van der Waals surface area contributed by atoms with E-state index in [1.54, 1.807) is 25.1 Å². The highest BCUT2D eigenvalue weighted by Crippen LogP contribution is 2.34. The Morgan fingerprint density at radius 1 is 0.882 bits per heavy atom. The fraction of sp³-hybridized carbons (Fsp3) is 0.154. The van der Waals surface area contributed by atoms with Gasteiger partial charge in [-0.2, -0.15) is 4.68 Å². The molecule has 1 aromatic heterocycles. The molecule has 172 valence electrons. The van der Waals surface area contributed by atoms with E-state index in [9.17, 15) is 9.59 Å². The molecule has 0 saturated carbocycles. The van der Waals surface area contributed by atoms with Crippen LogP contribution in [0.25, 0.3) is 11.3 Å². The van der Waals surface area contributed by atoms with Crippen LogP contribution in [0.2, 0.25) is 0 Å². The second-order valence-electron chi connectivity index (χ2n) is 7.19. The Morgan fingerprint density at radius 2 is 1.53 bits per heavy atom. The summed E-state index contributed by atoms with van der Waals surface area (Å²) in [4.78, 5) is 28.0. The molecule has 0 spiro atoms. The Morgan fingerprint density at radius 3 is 2.21 bits per heavy atom. The Balaban J connectivity index is 1.80. The lowest BCUT2D eigenvalue weighted by Crippen LogP contribution is -2.37. The smallest absolute Gasteiger partial charge is 0.359 e. The van der Waals surface area contributed by atoms with Gasteiger partial charge in [-0.15, -0.1) is 5.10 Å². The lowest BCUT2D eigenvalue weighted by Gasteiger charge is -2.21. The van der Waals surface area contributed by atoms with Gasteiger partial charge in [0, 0.05) is 17.8 Å². The van der Waals surface area contributed by atoms with Crippen molar-refractivity contribution in [3.8, 4) is 22.8 Å². The number of carbonyl (C=O) groups excluding carboxylic acids is 2. The number of anilines is 1. The van der Waals surface area contributed by atoms with Gasteiger partial charge in [0.05, 0.1) is 6.61 Å². The molecule has 0 radical (unpaired) electrons. The van der Waals surface area contributed by atoms with E-state index in [4.69, 9.17) is 9.47 Å². The SMILES string of the molecule is CCOC(=O)c1c(-c2ccccc2Oc2ccccc2)nnn1C(=O)N(CC)c1ccccc1. The standard InChI is InChI=1S/C26H24N4O4/c1-3-29(19-13-7-5-8-14-19)26(32)30-24(25(31)33-4-2)23(27-28-30)21-17-11-12-18-22(21)34-20-15-9-6-10-16-20/h5-18H,3-4H2,1-2H3. The topological polar surface area (TPSA) is 86.5 Å². The maximum absolute atomic E-state index is 13.5. The third-order valence-electron chi connectivity index (χ3n) is 5.05. The normalized spacial score (nSPS) is 10.5. The van der Waals surface area contributed by atoms with Crippen molar-refractivity contribution in [3.05, 3.63) is 90.6 Å². The number of carbonyl (C=O) groups is 2. The second-order valence-corrected chi connectivity index (χ2v) is 7.19. The molecule has 34 heavy (non-hydrogen) atoms. The van der Waals surface area contributed by atoms with Gasteiger partial charge in [0.15, 0.2) is 5.69 Å². The molecule has 0 bridgehead atoms. The van der Waals surface area contributed by atoms with Crippen molar-refractivity contribution in [2.75, 3.05) is 18.1 Å². The third kappa shape index (κ3) is 4.66. The summed E-state index contributed by atoms with van der Waals surface area (Å²) >= 11 is 0. The fourth-order valence-electron chi connectivity index (χ4n) is 3.50. The number of amides is 1. The molecular weight excluding hydrogens is 432 g/mol. The molecule has 8 heteroatoms. The van der Waals surface area contributed by atoms with E-state index in [1.165, 1.54) is 4.90 Å². The van der Waals surface area contributed by atoms with E-state index >= 15 is 0 Å². The van der Waals surface area contributed by atoms with Crippen LogP contribution in [0, 0.1) is 0 Å².